The van der Waals surface area contributed by atoms with Gasteiger partial charge >= 0.3 is 6.09 Å². The van der Waals surface area contributed by atoms with E-state index in [0.29, 0.717) is 6.54 Å². The highest BCUT2D eigenvalue weighted by atomic mass is 32.1. The first kappa shape index (κ1) is 29.8. The molecule has 0 aliphatic rings. The van der Waals surface area contributed by atoms with E-state index in [4.69, 9.17) is 4.74 Å². The second kappa shape index (κ2) is 14.2. The molecule has 0 saturated carbocycles. The summed E-state index contributed by atoms with van der Waals surface area (Å²) in [6, 6.07) is 5.94. The number of alkyl carbamates (subject to hydrolysis) is 1. The summed E-state index contributed by atoms with van der Waals surface area (Å²) in [5, 5.41) is 5.60. The highest BCUT2D eigenvalue weighted by Gasteiger charge is 2.35. The Morgan fingerprint density at radius 2 is 1.65 bits per heavy atom. The van der Waals surface area contributed by atoms with E-state index in [-0.39, 0.29) is 23.6 Å². The maximum absolute atomic E-state index is 13.7. The van der Waals surface area contributed by atoms with Crippen LogP contribution in [0.15, 0.2) is 24.3 Å². The molecule has 1 aromatic rings. The number of hydrogen-bond donors (Lipinski definition) is 3. The van der Waals surface area contributed by atoms with Gasteiger partial charge in [0, 0.05) is 18.3 Å². The summed E-state index contributed by atoms with van der Waals surface area (Å²) in [6.45, 7) is 13.6. The van der Waals surface area contributed by atoms with Crippen molar-refractivity contribution in [2.75, 3.05) is 12.3 Å². The zero-order valence-electron chi connectivity index (χ0n) is 21.8. The molecule has 2 unspecified atom stereocenters. The molecule has 0 fully saturated rings. The number of carbonyl (C=O) groups is 3. The maximum Gasteiger partial charge on any atom is 0.408 e. The number of hydrogen-bond acceptors (Lipinski definition) is 5. The molecule has 8 heteroatoms. The molecular formula is C26H43N3O4S. The molecule has 2 atom stereocenters. The van der Waals surface area contributed by atoms with Crippen molar-refractivity contribution in [3.05, 3.63) is 35.4 Å². The predicted molar refractivity (Wildman–Crippen MR) is 140 cm³/mol. The molecule has 0 aromatic heterocycles. The van der Waals surface area contributed by atoms with E-state index in [2.05, 4.69) is 37.1 Å². The Balaban J connectivity index is 3.36. The van der Waals surface area contributed by atoms with Crippen LogP contribution in [-0.2, 0) is 20.7 Å². The van der Waals surface area contributed by atoms with Crippen LogP contribution >= 0.6 is 12.6 Å². The first-order valence-electron chi connectivity index (χ1n) is 12.2. The largest absolute Gasteiger partial charge is 0.444 e. The predicted octanol–water partition coefficient (Wildman–Crippen LogP) is 4.66. The molecule has 34 heavy (non-hydrogen) atoms. The number of thiol groups is 1. The summed E-state index contributed by atoms with van der Waals surface area (Å²) in [6.07, 6.45) is 2.82. The lowest BCUT2D eigenvalue weighted by molar-refractivity contribution is -0.142. The highest BCUT2D eigenvalue weighted by Crippen LogP contribution is 2.24. The van der Waals surface area contributed by atoms with Crippen LogP contribution in [0.5, 0.6) is 0 Å². The first-order valence-corrected chi connectivity index (χ1v) is 12.9. The van der Waals surface area contributed by atoms with E-state index in [1.807, 2.05) is 38.1 Å². The fraction of sp³-hybridized carbons (Fsp3) is 0.654. The monoisotopic (exact) mass is 493 g/mol. The van der Waals surface area contributed by atoms with Gasteiger partial charge < -0.3 is 20.3 Å². The van der Waals surface area contributed by atoms with Gasteiger partial charge in [-0.1, -0.05) is 51.0 Å². The molecule has 3 amide bonds. The second-order valence-electron chi connectivity index (χ2n) is 9.78. The average Bonchev–Trinajstić information content (AvgIpc) is 2.75. The number of nitrogens with one attached hydrogen (secondary N) is 2. The fourth-order valence-electron chi connectivity index (χ4n) is 3.51. The molecular weight excluding hydrogens is 450 g/mol. The van der Waals surface area contributed by atoms with Crippen molar-refractivity contribution >= 4 is 30.5 Å². The number of aryl methyl sites for hydroxylation is 1. The molecule has 0 bridgehead atoms. The van der Waals surface area contributed by atoms with Gasteiger partial charge in [-0.25, -0.2) is 4.79 Å². The minimum absolute atomic E-state index is 0.0790. The van der Waals surface area contributed by atoms with Gasteiger partial charge in [-0.05, 0) is 58.6 Å². The molecule has 192 valence electrons. The Morgan fingerprint density at radius 1 is 1.03 bits per heavy atom. The topological polar surface area (TPSA) is 87.7 Å². The van der Waals surface area contributed by atoms with E-state index in [1.54, 1.807) is 25.7 Å². The third kappa shape index (κ3) is 9.95. The lowest BCUT2D eigenvalue weighted by atomic mass is 10.00. The summed E-state index contributed by atoms with van der Waals surface area (Å²) in [7, 11) is 0. The van der Waals surface area contributed by atoms with Crippen molar-refractivity contribution in [2.45, 2.75) is 97.9 Å². The number of benzene rings is 1. The zero-order valence-corrected chi connectivity index (χ0v) is 22.7. The normalized spacial score (nSPS) is 13.2. The first-order chi connectivity index (χ1) is 15.9. The number of ether oxygens (including phenoxy) is 1. The van der Waals surface area contributed by atoms with Crippen molar-refractivity contribution in [1.82, 2.24) is 15.5 Å². The van der Waals surface area contributed by atoms with E-state index >= 15 is 0 Å². The SMILES string of the molecule is CCCCCN(C(=O)C(CS)NC(=O)OC(C)(C)C)C(C(=O)NC(C)C)c1ccc(CC)cc1. The van der Waals surface area contributed by atoms with Crippen molar-refractivity contribution in [1.29, 1.82) is 0 Å². The van der Waals surface area contributed by atoms with Gasteiger partial charge in [0.25, 0.3) is 0 Å². The second-order valence-corrected chi connectivity index (χ2v) is 10.1. The molecule has 2 N–H and O–H groups in total. The molecule has 0 heterocycles. The Morgan fingerprint density at radius 3 is 2.12 bits per heavy atom. The van der Waals surface area contributed by atoms with Crippen LogP contribution < -0.4 is 10.6 Å². The maximum atomic E-state index is 13.7. The number of amides is 3. The molecule has 7 nitrogen and oxygen atoms in total. The van der Waals surface area contributed by atoms with E-state index in [9.17, 15) is 14.4 Å². The highest BCUT2D eigenvalue weighted by molar-refractivity contribution is 7.80. The van der Waals surface area contributed by atoms with Crippen molar-refractivity contribution in [3.8, 4) is 0 Å². The van der Waals surface area contributed by atoms with Crippen LogP contribution in [0.1, 0.15) is 84.9 Å². The molecule has 1 rings (SSSR count). The minimum atomic E-state index is -0.927. The Labute approximate surface area is 210 Å². The third-order valence-electron chi connectivity index (χ3n) is 5.15. The fourth-order valence-corrected chi connectivity index (χ4v) is 3.75. The van der Waals surface area contributed by atoms with Crippen LogP contribution in [-0.4, -0.2) is 52.8 Å². The lowest BCUT2D eigenvalue weighted by Crippen LogP contribution is -2.54. The number of carbonyl (C=O) groups excluding carboxylic acids is 3. The number of nitrogens with zero attached hydrogens (tertiary/aromatic N) is 1. The molecule has 0 aliphatic heterocycles. The molecule has 0 saturated heterocycles. The van der Waals surface area contributed by atoms with Crippen molar-refractivity contribution < 1.29 is 19.1 Å². The molecule has 0 radical (unpaired) electrons. The van der Waals surface area contributed by atoms with Crippen LogP contribution in [0.3, 0.4) is 0 Å². The van der Waals surface area contributed by atoms with E-state index in [0.717, 1.165) is 36.8 Å². The van der Waals surface area contributed by atoms with Crippen LogP contribution in [0.25, 0.3) is 0 Å². The molecule has 0 aliphatic carbocycles. The summed E-state index contributed by atoms with van der Waals surface area (Å²) < 4.78 is 5.34. The standard InChI is InChI=1S/C26H43N3O4S/c1-8-10-11-16-29(24(31)21(17-34)28-25(32)33-26(5,6)7)22(23(30)27-18(3)4)20-14-12-19(9-2)13-15-20/h12-15,18,21-22,34H,8-11,16-17H2,1-7H3,(H,27,30)(H,28,32). The third-order valence-corrected chi connectivity index (χ3v) is 5.52. The van der Waals surface area contributed by atoms with Crippen LogP contribution in [0.2, 0.25) is 0 Å². The lowest BCUT2D eigenvalue weighted by Gasteiger charge is -2.34. The van der Waals surface area contributed by atoms with Crippen molar-refractivity contribution in [2.24, 2.45) is 0 Å². The minimum Gasteiger partial charge on any atom is -0.444 e. The van der Waals surface area contributed by atoms with Gasteiger partial charge in [0.2, 0.25) is 11.8 Å². The van der Waals surface area contributed by atoms with E-state index < -0.39 is 23.8 Å². The zero-order chi connectivity index (χ0) is 25.9. The average molecular weight is 494 g/mol. The Hall–Kier alpha value is -2.22. The Bertz CT molecular complexity index is 790. The summed E-state index contributed by atoms with van der Waals surface area (Å²) in [4.78, 5) is 41.1. The van der Waals surface area contributed by atoms with Gasteiger partial charge in [-0.15, -0.1) is 0 Å². The van der Waals surface area contributed by atoms with Crippen LogP contribution in [0, 0.1) is 0 Å². The van der Waals surface area contributed by atoms with Gasteiger partial charge in [-0.3, -0.25) is 9.59 Å². The van der Waals surface area contributed by atoms with Gasteiger partial charge in [-0.2, -0.15) is 12.6 Å². The summed E-state index contributed by atoms with van der Waals surface area (Å²) in [5.41, 5.74) is 1.18. The van der Waals surface area contributed by atoms with Gasteiger partial charge in [0.15, 0.2) is 0 Å². The van der Waals surface area contributed by atoms with E-state index in [1.165, 1.54) is 0 Å². The summed E-state index contributed by atoms with van der Waals surface area (Å²) >= 11 is 4.32. The van der Waals surface area contributed by atoms with Gasteiger partial charge in [0.1, 0.15) is 17.7 Å². The molecule has 1 aromatic carbocycles. The summed E-state index contributed by atoms with van der Waals surface area (Å²) in [5.74, 6) is -0.532. The molecule has 0 spiro atoms. The smallest absolute Gasteiger partial charge is 0.408 e. The van der Waals surface area contributed by atoms with Crippen molar-refractivity contribution in [3.63, 3.8) is 0 Å². The quantitative estimate of drug-likeness (QED) is 0.292. The number of rotatable bonds is 12. The number of unbranched alkanes of at least 4 members (excludes halogenated alkanes) is 2. The van der Waals surface area contributed by atoms with Crippen LogP contribution in [0.4, 0.5) is 4.79 Å². The van der Waals surface area contributed by atoms with Gasteiger partial charge in [0.05, 0.1) is 0 Å². The Kier molecular flexibility index (Phi) is 12.5.